The minimum absolute atomic E-state index is 0.480. The second-order valence-electron chi connectivity index (χ2n) is 7.27. The van der Waals surface area contributed by atoms with Crippen molar-refractivity contribution in [2.75, 3.05) is 19.7 Å². The number of aryl methyl sites for hydroxylation is 1. The zero-order chi connectivity index (χ0) is 18.6. The van der Waals surface area contributed by atoms with Crippen LogP contribution in [-0.2, 0) is 13.1 Å². The summed E-state index contributed by atoms with van der Waals surface area (Å²) in [6, 6.07) is 12.5. The van der Waals surface area contributed by atoms with Gasteiger partial charge >= 0.3 is 0 Å². The van der Waals surface area contributed by atoms with E-state index in [4.69, 9.17) is 9.72 Å². The first kappa shape index (κ1) is 18.0. The smallest absolute Gasteiger partial charge is 0.159 e. The number of imidazole rings is 1. The quantitative estimate of drug-likeness (QED) is 0.629. The first-order valence-corrected chi connectivity index (χ1v) is 10.0. The molecule has 1 aliphatic rings. The van der Waals surface area contributed by atoms with Gasteiger partial charge in [-0.3, -0.25) is 4.90 Å². The van der Waals surface area contributed by atoms with Gasteiger partial charge in [-0.05, 0) is 56.1 Å². The highest BCUT2D eigenvalue weighted by molar-refractivity contribution is 5.71. The number of likely N-dealkylation sites (tertiary alicyclic amines) is 1. The van der Waals surface area contributed by atoms with Crippen molar-refractivity contribution in [2.45, 2.75) is 45.7 Å². The van der Waals surface area contributed by atoms with E-state index in [2.05, 4.69) is 51.7 Å². The lowest BCUT2D eigenvalue weighted by atomic mass is 10.1. The predicted molar refractivity (Wildman–Crippen MR) is 108 cm³/mol. The van der Waals surface area contributed by atoms with Gasteiger partial charge in [0.25, 0.3) is 0 Å². The van der Waals surface area contributed by atoms with Gasteiger partial charge in [0, 0.05) is 31.7 Å². The van der Waals surface area contributed by atoms with E-state index in [0.717, 1.165) is 55.9 Å². The first-order valence-electron chi connectivity index (χ1n) is 10.0. The van der Waals surface area contributed by atoms with E-state index >= 15 is 0 Å². The molecule has 142 valence electrons. The molecule has 5 heteroatoms. The van der Waals surface area contributed by atoms with Gasteiger partial charge in [0.15, 0.2) is 5.65 Å². The molecular formula is C22H28N4O. The van der Waals surface area contributed by atoms with Crippen LogP contribution in [0.15, 0.2) is 42.6 Å². The van der Waals surface area contributed by atoms with E-state index in [1.54, 1.807) is 0 Å². The molecule has 3 heterocycles. The molecule has 0 amide bonds. The van der Waals surface area contributed by atoms with E-state index < -0.39 is 0 Å². The van der Waals surface area contributed by atoms with Crippen molar-refractivity contribution in [3.05, 3.63) is 54.0 Å². The maximum absolute atomic E-state index is 5.54. The molecule has 0 radical (unpaired) electrons. The van der Waals surface area contributed by atoms with Gasteiger partial charge in [0.05, 0.1) is 6.61 Å². The van der Waals surface area contributed by atoms with Gasteiger partial charge in [0.2, 0.25) is 0 Å². The van der Waals surface area contributed by atoms with Gasteiger partial charge in [0.1, 0.15) is 17.1 Å². The number of nitrogens with zero attached hydrogens (tertiary/aromatic N) is 4. The van der Waals surface area contributed by atoms with Crippen LogP contribution in [0.2, 0.25) is 0 Å². The monoisotopic (exact) mass is 364 g/mol. The number of rotatable bonds is 7. The summed E-state index contributed by atoms with van der Waals surface area (Å²) in [5.74, 6) is 2.63. The standard InChI is InChI=1S/C22H28N4O/c1-3-13-26-21(24-20-6-5-12-23-22(20)26)18-11-14-25(16-18)15-17-7-9-19(10-8-17)27-4-2/h5-10,12,18H,3-4,11,13-16H2,1-2H3/t18-/m1/s1. The molecule has 5 nitrogen and oxygen atoms in total. The number of aromatic nitrogens is 3. The molecule has 4 rings (SSSR count). The summed E-state index contributed by atoms with van der Waals surface area (Å²) in [5.41, 5.74) is 3.38. The van der Waals surface area contributed by atoms with Crippen molar-refractivity contribution in [1.82, 2.24) is 19.4 Å². The molecule has 1 fully saturated rings. The minimum Gasteiger partial charge on any atom is -0.494 e. The van der Waals surface area contributed by atoms with Gasteiger partial charge in [-0.2, -0.15) is 0 Å². The van der Waals surface area contributed by atoms with E-state index in [-0.39, 0.29) is 0 Å². The summed E-state index contributed by atoms with van der Waals surface area (Å²) in [6.45, 7) is 9.07. The molecule has 0 saturated carbocycles. The van der Waals surface area contributed by atoms with E-state index in [1.165, 1.54) is 11.4 Å². The maximum Gasteiger partial charge on any atom is 0.159 e. The van der Waals surface area contributed by atoms with E-state index in [1.807, 2.05) is 19.2 Å². The maximum atomic E-state index is 5.54. The number of ether oxygens (including phenoxy) is 1. The number of hydrogen-bond acceptors (Lipinski definition) is 4. The third kappa shape index (κ3) is 3.83. The summed E-state index contributed by atoms with van der Waals surface area (Å²) >= 11 is 0. The van der Waals surface area contributed by atoms with Crippen LogP contribution < -0.4 is 4.74 Å². The van der Waals surface area contributed by atoms with Gasteiger partial charge < -0.3 is 9.30 Å². The molecule has 0 spiro atoms. The highest BCUT2D eigenvalue weighted by Crippen LogP contribution is 2.30. The summed E-state index contributed by atoms with van der Waals surface area (Å²) in [4.78, 5) is 12.1. The summed E-state index contributed by atoms with van der Waals surface area (Å²) < 4.78 is 7.87. The number of pyridine rings is 1. The van der Waals surface area contributed by atoms with Gasteiger partial charge in [-0.25, -0.2) is 9.97 Å². The first-order chi connectivity index (χ1) is 13.3. The molecule has 1 aromatic carbocycles. The van der Waals surface area contributed by atoms with Crippen molar-refractivity contribution in [3.63, 3.8) is 0 Å². The number of fused-ring (bicyclic) bond motifs is 1. The Bertz CT molecular complexity index is 887. The average Bonchev–Trinajstić information content (AvgIpc) is 3.29. The molecule has 3 aromatic rings. The average molecular weight is 364 g/mol. The lowest BCUT2D eigenvalue weighted by molar-refractivity contribution is 0.323. The highest BCUT2D eigenvalue weighted by Gasteiger charge is 2.28. The molecule has 0 bridgehead atoms. The number of benzene rings is 1. The molecule has 1 aliphatic heterocycles. The predicted octanol–water partition coefficient (Wildman–Crippen LogP) is 4.23. The second-order valence-corrected chi connectivity index (χ2v) is 7.27. The van der Waals surface area contributed by atoms with Crippen molar-refractivity contribution < 1.29 is 4.74 Å². The highest BCUT2D eigenvalue weighted by atomic mass is 16.5. The minimum atomic E-state index is 0.480. The van der Waals surface area contributed by atoms with Crippen LogP contribution in [0.3, 0.4) is 0 Å². The fraction of sp³-hybridized carbons (Fsp3) is 0.455. The Morgan fingerprint density at radius 3 is 2.78 bits per heavy atom. The van der Waals surface area contributed by atoms with Crippen molar-refractivity contribution in [2.24, 2.45) is 0 Å². The molecule has 27 heavy (non-hydrogen) atoms. The van der Waals surface area contributed by atoms with Crippen LogP contribution >= 0.6 is 0 Å². The topological polar surface area (TPSA) is 43.2 Å². The third-order valence-corrected chi connectivity index (χ3v) is 5.26. The second kappa shape index (κ2) is 8.09. The Kier molecular flexibility index (Phi) is 5.39. The molecule has 2 aromatic heterocycles. The van der Waals surface area contributed by atoms with E-state index in [0.29, 0.717) is 12.5 Å². The van der Waals surface area contributed by atoms with Gasteiger partial charge in [-0.15, -0.1) is 0 Å². The lowest BCUT2D eigenvalue weighted by Gasteiger charge is -2.17. The molecule has 1 atom stereocenters. The Balaban J connectivity index is 1.48. The Labute approximate surface area is 161 Å². The van der Waals surface area contributed by atoms with Crippen LogP contribution in [0, 0.1) is 0 Å². The van der Waals surface area contributed by atoms with Crippen LogP contribution in [0.25, 0.3) is 11.2 Å². The zero-order valence-corrected chi connectivity index (χ0v) is 16.3. The van der Waals surface area contributed by atoms with Crippen molar-refractivity contribution in [3.8, 4) is 5.75 Å². The normalized spacial score (nSPS) is 17.6. The number of hydrogen-bond donors (Lipinski definition) is 0. The molecule has 0 aliphatic carbocycles. The third-order valence-electron chi connectivity index (χ3n) is 5.26. The lowest BCUT2D eigenvalue weighted by Crippen LogP contribution is -2.20. The van der Waals surface area contributed by atoms with Crippen LogP contribution in [-0.4, -0.2) is 39.1 Å². The zero-order valence-electron chi connectivity index (χ0n) is 16.3. The Morgan fingerprint density at radius 1 is 1.15 bits per heavy atom. The van der Waals surface area contributed by atoms with Crippen LogP contribution in [0.4, 0.5) is 0 Å². The van der Waals surface area contributed by atoms with E-state index in [9.17, 15) is 0 Å². The molecular weight excluding hydrogens is 336 g/mol. The van der Waals surface area contributed by atoms with Crippen LogP contribution in [0.1, 0.15) is 44.0 Å². The fourth-order valence-electron chi connectivity index (χ4n) is 4.03. The van der Waals surface area contributed by atoms with Crippen LogP contribution in [0.5, 0.6) is 5.75 Å². The van der Waals surface area contributed by atoms with Gasteiger partial charge in [-0.1, -0.05) is 19.1 Å². The summed E-state index contributed by atoms with van der Waals surface area (Å²) in [7, 11) is 0. The molecule has 0 unspecified atom stereocenters. The Morgan fingerprint density at radius 2 is 2.00 bits per heavy atom. The summed E-state index contributed by atoms with van der Waals surface area (Å²) in [6.07, 6.45) is 4.12. The SMILES string of the molecule is CCCn1c([C@@H]2CCN(Cc3ccc(OCC)cc3)C2)nc2cccnc21. The summed E-state index contributed by atoms with van der Waals surface area (Å²) in [5, 5.41) is 0. The van der Waals surface area contributed by atoms with Crippen molar-refractivity contribution >= 4 is 11.2 Å². The molecule has 1 saturated heterocycles. The largest absolute Gasteiger partial charge is 0.494 e. The Hall–Kier alpha value is -2.40. The van der Waals surface area contributed by atoms with Crippen molar-refractivity contribution in [1.29, 1.82) is 0 Å². The molecule has 0 N–H and O–H groups in total. The fourth-order valence-corrected chi connectivity index (χ4v) is 4.03.